The molecule has 2 rings (SSSR count). The van der Waals surface area contributed by atoms with E-state index in [4.69, 9.17) is 4.74 Å². The van der Waals surface area contributed by atoms with Crippen molar-refractivity contribution in [1.29, 1.82) is 0 Å². The minimum Gasteiger partial charge on any atom is -0.477 e. The smallest absolute Gasteiger partial charge is 0.347 e. The highest BCUT2D eigenvalue weighted by Crippen LogP contribution is 2.32. The fraction of sp³-hybridized carbons (Fsp3) is 0.692. The molecule has 0 saturated carbocycles. The van der Waals surface area contributed by atoms with E-state index < -0.39 is 5.97 Å². The van der Waals surface area contributed by atoms with Crippen LogP contribution in [0.25, 0.3) is 0 Å². The lowest BCUT2D eigenvalue weighted by Crippen LogP contribution is -2.45. The number of anilines is 1. The van der Waals surface area contributed by atoms with Crippen LogP contribution in [-0.4, -0.2) is 41.9 Å². The van der Waals surface area contributed by atoms with Gasteiger partial charge >= 0.3 is 5.97 Å². The van der Waals surface area contributed by atoms with Crippen molar-refractivity contribution in [3.05, 3.63) is 10.6 Å². The first-order valence-corrected chi connectivity index (χ1v) is 7.44. The second-order valence-electron chi connectivity index (χ2n) is 5.00. The van der Waals surface area contributed by atoms with Crippen LogP contribution in [0.4, 0.5) is 5.13 Å². The highest BCUT2D eigenvalue weighted by atomic mass is 32.1. The maximum atomic E-state index is 11.3. The van der Waals surface area contributed by atoms with E-state index in [1.807, 2.05) is 13.8 Å². The predicted molar refractivity (Wildman–Crippen MR) is 75.4 cm³/mol. The number of nitrogens with zero attached hydrogens (tertiary/aromatic N) is 2. The Morgan fingerprint density at radius 3 is 2.89 bits per heavy atom. The summed E-state index contributed by atoms with van der Waals surface area (Å²) in [5.41, 5.74) is 0.689. The van der Waals surface area contributed by atoms with Gasteiger partial charge in [0.15, 0.2) is 5.13 Å². The Kier molecular flexibility index (Phi) is 4.42. The molecule has 1 atom stereocenters. The Bertz CT molecular complexity index is 459. The Morgan fingerprint density at radius 2 is 2.37 bits per heavy atom. The van der Waals surface area contributed by atoms with E-state index >= 15 is 0 Å². The van der Waals surface area contributed by atoms with Gasteiger partial charge in [-0.25, -0.2) is 9.78 Å². The first-order valence-electron chi connectivity index (χ1n) is 6.63. The monoisotopic (exact) mass is 284 g/mol. The van der Waals surface area contributed by atoms with Crippen molar-refractivity contribution >= 4 is 22.4 Å². The first-order chi connectivity index (χ1) is 9.04. The minimum atomic E-state index is -0.881. The third-order valence-electron chi connectivity index (χ3n) is 3.33. The van der Waals surface area contributed by atoms with Gasteiger partial charge in [-0.3, -0.25) is 0 Å². The van der Waals surface area contributed by atoms with Crippen molar-refractivity contribution in [2.45, 2.75) is 39.2 Å². The van der Waals surface area contributed by atoms with Gasteiger partial charge in [-0.05, 0) is 12.3 Å². The quantitative estimate of drug-likeness (QED) is 0.920. The van der Waals surface area contributed by atoms with Crippen molar-refractivity contribution in [2.75, 3.05) is 24.7 Å². The van der Waals surface area contributed by atoms with E-state index in [1.165, 1.54) is 11.3 Å². The molecule has 0 aromatic carbocycles. The summed E-state index contributed by atoms with van der Waals surface area (Å²) in [7, 11) is 0. The zero-order valence-corrected chi connectivity index (χ0v) is 12.4. The summed E-state index contributed by atoms with van der Waals surface area (Å²) in [6.07, 6.45) is 0.971. The molecule has 0 spiro atoms. The fourth-order valence-corrected chi connectivity index (χ4v) is 3.39. The van der Waals surface area contributed by atoms with Crippen molar-refractivity contribution in [1.82, 2.24) is 4.98 Å². The highest BCUT2D eigenvalue weighted by molar-refractivity contribution is 7.17. The molecule has 0 bridgehead atoms. The third kappa shape index (κ3) is 2.90. The largest absolute Gasteiger partial charge is 0.477 e. The van der Waals surface area contributed by atoms with Crippen LogP contribution in [-0.2, 0) is 4.74 Å². The maximum Gasteiger partial charge on any atom is 0.347 e. The first kappa shape index (κ1) is 14.3. The van der Waals surface area contributed by atoms with Crippen LogP contribution in [0.15, 0.2) is 0 Å². The Balaban J connectivity index is 2.33. The number of morpholine rings is 1. The minimum absolute atomic E-state index is 0.122. The standard InChI is InChI=1S/C13H20N2O3S/c1-4-9-7-18-6-5-15(9)13-14-10(8(2)3)11(19-13)12(16)17/h8-9H,4-7H2,1-3H3,(H,16,17). The number of thiazole rings is 1. The van der Waals surface area contributed by atoms with Crippen molar-refractivity contribution in [2.24, 2.45) is 0 Å². The molecule has 0 radical (unpaired) electrons. The van der Waals surface area contributed by atoms with Gasteiger partial charge in [-0.2, -0.15) is 0 Å². The molecule has 1 saturated heterocycles. The molecule has 1 fully saturated rings. The number of hydrogen-bond donors (Lipinski definition) is 1. The van der Waals surface area contributed by atoms with Crippen LogP contribution < -0.4 is 4.90 Å². The molecule has 0 aliphatic carbocycles. The van der Waals surface area contributed by atoms with E-state index in [1.54, 1.807) is 0 Å². The van der Waals surface area contributed by atoms with E-state index in [0.29, 0.717) is 29.8 Å². The number of ether oxygens (including phenoxy) is 1. The molecule has 1 aliphatic heterocycles. The number of rotatable bonds is 4. The number of carbonyl (C=O) groups is 1. The molecule has 0 amide bonds. The third-order valence-corrected chi connectivity index (χ3v) is 4.42. The van der Waals surface area contributed by atoms with Crippen LogP contribution >= 0.6 is 11.3 Å². The lowest BCUT2D eigenvalue weighted by atomic mass is 10.1. The van der Waals surface area contributed by atoms with E-state index in [-0.39, 0.29) is 5.92 Å². The van der Waals surface area contributed by atoms with Gasteiger partial charge in [-0.15, -0.1) is 0 Å². The normalized spacial score (nSPS) is 20.0. The van der Waals surface area contributed by atoms with Crippen LogP contribution in [0, 0.1) is 0 Å². The summed E-state index contributed by atoms with van der Waals surface area (Å²) in [5, 5.41) is 10.1. The number of aromatic nitrogens is 1. The molecule has 1 aromatic heterocycles. The molecule has 1 N–H and O–H groups in total. The summed E-state index contributed by atoms with van der Waals surface area (Å²) in [4.78, 5) is 18.4. The molecule has 19 heavy (non-hydrogen) atoms. The van der Waals surface area contributed by atoms with Crippen LogP contribution in [0.2, 0.25) is 0 Å². The molecule has 1 unspecified atom stereocenters. The molecule has 106 valence electrons. The number of aromatic carboxylic acids is 1. The SMILES string of the molecule is CCC1COCCN1c1nc(C(C)C)c(C(=O)O)s1. The lowest BCUT2D eigenvalue weighted by Gasteiger charge is -2.34. The summed E-state index contributed by atoms with van der Waals surface area (Å²) >= 11 is 1.28. The Morgan fingerprint density at radius 1 is 1.63 bits per heavy atom. The molecule has 1 aliphatic rings. The average Bonchev–Trinajstić information content (AvgIpc) is 2.84. The van der Waals surface area contributed by atoms with Crippen molar-refractivity contribution in [3.63, 3.8) is 0 Å². The molecule has 5 nitrogen and oxygen atoms in total. The average molecular weight is 284 g/mol. The zero-order valence-electron chi connectivity index (χ0n) is 11.5. The molecular formula is C13H20N2O3S. The van der Waals surface area contributed by atoms with Gasteiger partial charge in [0.25, 0.3) is 0 Å². The predicted octanol–water partition coefficient (Wildman–Crippen LogP) is 2.58. The molecular weight excluding hydrogens is 264 g/mol. The fourth-order valence-electron chi connectivity index (χ4n) is 2.23. The van der Waals surface area contributed by atoms with E-state index in [9.17, 15) is 9.90 Å². The number of carboxylic acid groups (broad SMARTS) is 1. The van der Waals surface area contributed by atoms with Crippen LogP contribution in [0.1, 0.15) is 48.5 Å². The zero-order chi connectivity index (χ0) is 14.0. The second kappa shape index (κ2) is 5.88. The highest BCUT2D eigenvalue weighted by Gasteiger charge is 2.27. The van der Waals surface area contributed by atoms with Crippen LogP contribution in [0.3, 0.4) is 0 Å². The van der Waals surface area contributed by atoms with Gasteiger partial charge in [0.1, 0.15) is 4.88 Å². The molecule has 6 heteroatoms. The Labute approximate surface area is 117 Å². The van der Waals surface area contributed by atoms with Crippen molar-refractivity contribution < 1.29 is 14.6 Å². The van der Waals surface area contributed by atoms with Gasteiger partial charge in [0.05, 0.1) is 24.9 Å². The molecule has 2 heterocycles. The summed E-state index contributed by atoms with van der Waals surface area (Å²) in [5.74, 6) is -0.758. The number of hydrogen-bond acceptors (Lipinski definition) is 5. The topological polar surface area (TPSA) is 62.7 Å². The van der Waals surface area contributed by atoms with Gasteiger partial charge in [0.2, 0.25) is 0 Å². The van der Waals surface area contributed by atoms with Crippen molar-refractivity contribution in [3.8, 4) is 0 Å². The second-order valence-corrected chi connectivity index (χ2v) is 5.98. The van der Waals surface area contributed by atoms with E-state index in [0.717, 1.165) is 18.1 Å². The lowest BCUT2D eigenvalue weighted by molar-refractivity contribution is 0.0700. The summed E-state index contributed by atoms with van der Waals surface area (Å²) in [6.45, 7) is 8.21. The van der Waals surface area contributed by atoms with Gasteiger partial charge < -0.3 is 14.7 Å². The molecule has 1 aromatic rings. The summed E-state index contributed by atoms with van der Waals surface area (Å²) < 4.78 is 5.48. The Hall–Kier alpha value is -1.14. The number of carboxylic acids is 1. The summed E-state index contributed by atoms with van der Waals surface area (Å²) in [6, 6.07) is 0.293. The van der Waals surface area contributed by atoms with Crippen LogP contribution in [0.5, 0.6) is 0 Å². The van der Waals surface area contributed by atoms with Gasteiger partial charge in [-0.1, -0.05) is 32.1 Å². The van der Waals surface area contributed by atoms with E-state index in [2.05, 4.69) is 16.8 Å². The van der Waals surface area contributed by atoms with Gasteiger partial charge in [0, 0.05) is 6.54 Å². The maximum absolute atomic E-state index is 11.3.